The minimum absolute atomic E-state index is 0.104. The quantitative estimate of drug-likeness (QED) is 0.935. The van der Waals surface area contributed by atoms with E-state index in [-0.39, 0.29) is 18.2 Å². The maximum absolute atomic E-state index is 12.2. The van der Waals surface area contributed by atoms with Gasteiger partial charge in [0.25, 0.3) is 5.91 Å². The van der Waals surface area contributed by atoms with Crippen molar-refractivity contribution in [2.75, 3.05) is 12.4 Å². The summed E-state index contributed by atoms with van der Waals surface area (Å²) >= 11 is 6.12. The first-order valence-corrected chi connectivity index (χ1v) is 7.37. The van der Waals surface area contributed by atoms with E-state index in [2.05, 4.69) is 15.5 Å². The summed E-state index contributed by atoms with van der Waals surface area (Å²) in [5, 5.41) is 12.6. The topological polar surface area (TPSA) is 79.6 Å². The monoisotopic (exact) mass is 331 g/mol. The number of rotatable bonds is 3. The number of hydrogen-bond donors (Lipinski definition) is 1. The first-order chi connectivity index (χ1) is 11.0. The number of nitrogens with one attached hydrogen (secondary N) is 1. The highest BCUT2D eigenvalue weighted by atomic mass is 35.5. The summed E-state index contributed by atoms with van der Waals surface area (Å²) in [5.41, 5.74) is 1.56. The highest BCUT2D eigenvalue weighted by molar-refractivity contribution is 6.43. The van der Waals surface area contributed by atoms with Crippen molar-refractivity contribution in [3.8, 4) is 5.69 Å². The maximum Gasteiger partial charge on any atom is 0.271 e. The molecule has 23 heavy (non-hydrogen) atoms. The summed E-state index contributed by atoms with van der Waals surface area (Å²) in [6, 6.07) is 7.27. The van der Waals surface area contributed by atoms with Gasteiger partial charge in [0.1, 0.15) is 5.71 Å². The molecule has 0 atom stereocenters. The molecule has 0 saturated heterocycles. The molecule has 0 saturated carbocycles. The van der Waals surface area contributed by atoms with E-state index >= 15 is 0 Å². The highest BCUT2D eigenvalue weighted by Crippen LogP contribution is 2.20. The molecule has 1 aromatic heterocycles. The molecule has 8 heteroatoms. The molecule has 118 valence electrons. The Hall–Kier alpha value is -2.67. The van der Waals surface area contributed by atoms with Gasteiger partial charge in [-0.15, -0.1) is 0 Å². The van der Waals surface area contributed by atoms with Crippen molar-refractivity contribution >= 4 is 34.8 Å². The van der Waals surface area contributed by atoms with E-state index in [1.807, 2.05) is 18.2 Å². The third-order valence-corrected chi connectivity index (χ3v) is 3.73. The fourth-order valence-electron chi connectivity index (χ4n) is 2.19. The molecule has 1 N–H and O–H groups in total. The average Bonchev–Trinajstić information content (AvgIpc) is 2.98. The van der Waals surface area contributed by atoms with Crippen LogP contribution in [0.25, 0.3) is 5.69 Å². The van der Waals surface area contributed by atoms with Crippen LogP contribution in [-0.4, -0.2) is 39.4 Å². The molecule has 0 aliphatic carbocycles. The predicted octanol–water partition coefficient (Wildman–Crippen LogP) is 2.07. The van der Waals surface area contributed by atoms with E-state index in [9.17, 15) is 9.59 Å². The fraction of sp³-hybridized carbons (Fsp3) is 0.200. The molecule has 2 amide bonds. The Kier molecular flexibility index (Phi) is 4.12. The van der Waals surface area contributed by atoms with Gasteiger partial charge in [-0.1, -0.05) is 23.7 Å². The summed E-state index contributed by atoms with van der Waals surface area (Å²) < 4.78 is 1.58. The van der Waals surface area contributed by atoms with Crippen LogP contribution < -0.4 is 5.32 Å². The van der Waals surface area contributed by atoms with Crippen molar-refractivity contribution < 1.29 is 9.59 Å². The van der Waals surface area contributed by atoms with Crippen LogP contribution in [-0.2, 0) is 9.59 Å². The average molecular weight is 332 g/mol. The number of benzene rings is 1. The van der Waals surface area contributed by atoms with Crippen LogP contribution in [0.4, 0.5) is 5.69 Å². The molecule has 2 heterocycles. The molecule has 0 radical (unpaired) electrons. The molecular formula is C15H14ClN5O2. The standard InChI is InChI=1S/C15H14ClN5O2/c1-20-14(22)7-6-12(19-20)15(23)18-10-8-17-21(9-10)13-5-3-2-4-11(13)16/h2-5,8-9H,6-7H2,1H3,(H,18,23). The predicted molar refractivity (Wildman–Crippen MR) is 86.6 cm³/mol. The number of amides is 2. The van der Waals surface area contributed by atoms with Crippen molar-refractivity contribution in [1.29, 1.82) is 0 Å². The second-order valence-electron chi connectivity index (χ2n) is 5.04. The lowest BCUT2D eigenvalue weighted by Gasteiger charge is -2.18. The smallest absolute Gasteiger partial charge is 0.271 e. The zero-order valence-electron chi connectivity index (χ0n) is 12.4. The van der Waals surface area contributed by atoms with Gasteiger partial charge in [0.15, 0.2) is 0 Å². The van der Waals surface area contributed by atoms with Crippen LogP contribution in [0.15, 0.2) is 41.8 Å². The Morgan fingerprint density at radius 1 is 1.30 bits per heavy atom. The number of halogens is 1. The van der Waals surface area contributed by atoms with Gasteiger partial charge in [-0.2, -0.15) is 10.2 Å². The Morgan fingerprint density at radius 2 is 2.09 bits per heavy atom. The van der Waals surface area contributed by atoms with Crippen molar-refractivity contribution in [2.24, 2.45) is 5.10 Å². The third-order valence-electron chi connectivity index (χ3n) is 3.41. The number of para-hydroxylation sites is 1. The van der Waals surface area contributed by atoms with Crippen molar-refractivity contribution in [3.63, 3.8) is 0 Å². The van der Waals surface area contributed by atoms with E-state index in [4.69, 9.17) is 11.6 Å². The lowest BCUT2D eigenvalue weighted by molar-refractivity contribution is -0.130. The van der Waals surface area contributed by atoms with Crippen LogP contribution in [0.2, 0.25) is 5.02 Å². The number of nitrogens with zero attached hydrogens (tertiary/aromatic N) is 4. The van der Waals surface area contributed by atoms with Gasteiger partial charge in [0.05, 0.1) is 28.8 Å². The number of anilines is 1. The van der Waals surface area contributed by atoms with Gasteiger partial charge in [-0.05, 0) is 12.1 Å². The largest absolute Gasteiger partial charge is 0.318 e. The minimum Gasteiger partial charge on any atom is -0.318 e. The molecule has 2 aromatic rings. The highest BCUT2D eigenvalue weighted by Gasteiger charge is 2.22. The van der Waals surface area contributed by atoms with Gasteiger partial charge in [-0.3, -0.25) is 9.59 Å². The molecule has 0 fully saturated rings. The molecule has 0 unspecified atom stereocenters. The molecular weight excluding hydrogens is 318 g/mol. The van der Waals surface area contributed by atoms with Crippen molar-refractivity contribution in [3.05, 3.63) is 41.7 Å². The fourth-order valence-corrected chi connectivity index (χ4v) is 2.42. The molecule has 0 bridgehead atoms. The number of hydrazone groups is 1. The molecule has 1 aliphatic heterocycles. The van der Waals surface area contributed by atoms with Crippen molar-refractivity contribution in [2.45, 2.75) is 12.8 Å². The van der Waals surface area contributed by atoms with E-state index in [0.29, 0.717) is 22.8 Å². The van der Waals surface area contributed by atoms with Gasteiger partial charge in [0.2, 0.25) is 5.91 Å². The maximum atomic E-state index is 12.2. The summed E-state index contributed by atoms with van der Waals surface area (Å²) in [4.78, 5) is 23.6. The third kappa shape index (κ3) is 3.24. The number of carbonyl (C=O) groups excluding carboxylic acids is 2. The lowest BCUT2D eigenvalue weighted by atomic mass is 10.1. The zero-order valence-corrected chi connectivity index (χ0v) is 13.1. The second kappa shape index (κ2) is 6.21. The van der Waals surface area contributed by atoms with Gasteiger partial charge in [-0.25, -0.2) is 9.69 Å². The van der Waals surface area contributed by atoms with E-state index in [1.165, 1.54) is 18.3 Å². The lowest BCUT2D eigenvalue weighted by Crippen LogP contribution is -2.34. The minimum atomic E-state index is -0.344. The number of hydrogen-bond acceptors (Lipinski definition) is 4. The van der Waals surface area contributed by atoms with Crippen LogP contribution in [0.1, 0.15) is 12.8 Å². The molecule has 1 aliphatic rings. The second-order valence-corrected chi connectivity index (χ2v) is 5.45. The van der Waals surface area contributed by atoms with Crippen LogP contribution >= 0.6 is 11.6 Å². The molecule has 0 spiro atoms. The normalized spacial score (nSPS) is 14.6. The number of carbonyl (C=O) groups is 2. The van der Waals surface area contributed by atoms with Gasteiger partial charge in [0, 0.05) is 19.9 Å². The van der Waals surface area contributed by atoms with Crippen LogP contribution in [0.3, 0.4) is 0 Å². The van der Waals surface area contributed by atoms with Gasteiger partial charge >= 0.3 is 0 Å². The van der Waals surface area contributed by atoms with E-state index in [0.717, 1.165) is 5.69 Å². The van der Waals surface area contributed by atoms with Crippen LogP contribution in [0.5, 0.6) is 0 Å². The Morgan fingerprint density at radius 3 is 2.83 bits per heavy atom. The van der Waals surface area contributed by atoms with Crippen molar-refractivity contribution in [1.82, 2.24) is 14.8 Å². The molecule has 1 aromatic carbocycles. The first-order valence-electron chi connectivity index (χ1n) is 6.99. The Labute approximate surface area is 137 Å². The molecule has 3 rings (SSSR count). The molecule has 7 nitrogen and oxygen atoms in total. The zero-order chi connectivity index (χ0) is 16.4. The SMILES string of the molecule is CN1N=C(C(=O)Nc2cnn(-c3ccccc3Cl)c2)CCC1=O. The summed E-state index contributed by atoms with van der Waals surface area (Å²) in [6.45, 7) is 0. The Balaban J connectivity index is 1.75. The summed E-state index contributed by atoms with van der Waals surface area (Å²) in [5.74, 6) is -0.448. The first kappa shape index (κ1) is 15.2. The Bertz CT molecular complexity index is 799. The summed E-state index contributed by atoms with van der Waals surface area (Å²) in [7, 11) is 1.53. The summed E-state index contributed by atoms with van der Waals surface area (Å²) in [6.07, 6.45) is 3.80. The van der Waals surface area contributed by atoms with Gasteiger partial charge < -0.3 is 5.32 Å². The van der Waals surface area contributed by atoms with Crippen LogP contribution in [0, 0.1) is 0 Å². The van der Waals surface area contributed by atoms with E-state index < -0.39 is 0 Å². The van der Waals surface area contributed by atoms with E-state index in [1.54, 1.807) is 16.9 Å². The number of aromatic nitrogens is 2.